The summed E-state index contributed by atoms with van der Waals surface area (Å²) in [6.45, 7) is -0.761. The molecule has 0 saturated heterocycles. The Morgan fingerprint density at radius 3 is 2.30 bits per heavy atom. The maximum atomic E-state index is 12.1. The second-order valence-corrected chi connectivity index (χ2v) is 4.68. The number of ether oxygens (including phenoxy) is 1. The maximum Gasteiger partial charge on any atom is 0.387 e. The van der Waals surface area contributed by atoms with Crippen LogP contribution in [0.1, 0.15) is 22.7 Å². The SMILES string of the molecule is Cc1ccccc1CC(N)c1ccc(OC(F)F)cc1. The first-order valence-electron chi connectivity index (χ1n) is 6.41. The summed E-state index contributed by atoms with van der Waals surface area (Å²) in [7, 11) is 0. The zero-order valence-corrected chi connectivity index (χ0v) is 11.2. The van der Waals surface area contributed by atoms with Crippen molar-refractivity contribution in [3.63, 3.8) is 0 Å². The summed E-state index contributed by atoms with van der Waals surface area (Å²) in [4.78, 5) is 0. The minimum absolute atomic E-state index is 0.145. The molecule has 20 heavy (non-hydrogen) atoms. The van der Waals surface area contributed by atoms with Gasteiger partial charge in [0.15, 0.2) is 0 Å². The standard InChI is InChI=1S/C16H17F2NO/c1-11-4-2-3-5-13(11)10-15(19)12-6-8-14(9-7-12)20-16(17)18/h2-9,15-16H,10,19H2,1H3. The molecule has 0 aromatic heterocycles. The average molecular weight is 277 g/mol. The third kappa shape index (κ3) is 3.78. The lowest BCUT2D eigenvalue weighted by molar-refractivity contribution is -0.0498. The summed E-state index contributed by atoms with van der Waals surface area (Å²) in [6, 6.07) is 14.4. The van der Waals surface area contributed by atoms with Gasteiger partial charge in [0.05, 0.1) is 0 Å². The highest BCUT2D eigenvalue weighted by atomic mass is 19.3. The van der Waals surface area contributed by atoms with E-state index in [-0.39, 0.29) is 11.8 Å². The van der Waals surface area contributed by atoms with Crippen LogP contribution < -0.4 is 10.5 Å². The number of hydrogen-bond acceptors (Lipinski definition) is 2. The molecule has 106 valence electrons. The molecule has 1 unspecified atom stereocenters. The van der Waals surface area contributed by atoms with E-state index in [0.29, 0.717) is 6.42 Å². The van der Waals surface area contributed by atoms with Crippen LogP contribution in [-0.2, 0) is 6.42 Å². The van der Waals surface area contributed by atoms with Crippen molar-refractivity contribution in [2.75, 3.05) is 0 Å². The van der Waals surface area contributed by atoms with Crippen molar-refractivity contribution in [2.24, 2.45) is 5.73 Å². The van der Waals surface area contributed by atoms with Crippen LogP contribution in [0, 0.1) is 6.92 Å². The van der Waals surface area contributed by atoms with Gasteiger partial charge >= 0.3 is 6.61 Å². The largest absolute Gasteiger partial charge is 0.435 e. The van der Waals surface area contributed by atoms with E-state index < -0.39 is 6.61 Å². The molecule has 2 aromatic carbocycles. The fourth-order valence-electron chi connectivity index (χ4n) is 2.09. The van der Waals surface area contributed by atoms with Crippen LogP contribution >= 0.6 is 0 Å². The Bertz CT molecular complexity index is 555. The lowest BCUT2D eigenvalue weighted by Gasteiger charge is -2.14. The fraction of sp³-hybridized carbons (Fsp3) is 0.250. The minimum Gasteiger partial charge on any atom is -0.435 e. The first kappa shape index (κ1) is 14.5. The van der Waals surface area contributed by atoms with E-state index in [1.54, 1.807) is 12.1 Å². The monoisotopic (exact) mass is 277 g/mol. The average Bonchev–Trinajstić information content (AvgIpc) is 2.41. The van der Waals surface area contributed by atoms with Crippen molar-refractivity contribution in [3.8, 4) is 5.75 Å². The Kier molecular flexibility index (Phi) is 4.69. The Hall–Kier alpha value is -1.94. The van der Waals surface area contributed by atoms with Gasteiger partial charge in [0.1, 0.15) is 5.75 Å². The molecule has 0 radical (unpaired) electrons. The van der Waals surface area contributed by atoms with Crippen molar-refractivity contribution in [2.45, 2.75) is 26.0 Å². The van der Waals surface area contributed by atoms with Crippen molar-refractivity contribution in [3.05, 3.63) is 65.2 Å². The van der Waals surface area contributed by atoms with Gasteiger partial charge < -0.3 is 10.5 Å². The van der Waals surface area contributed by atoms with E-state index in [1.807, 2.05) is 31.2 Å². The molecule has 0 amide bonds. The van der Waals surface area contributed by atoms with Crippen LogP contribution in [0.3, 0.4) is 0 Å². The first-order valence-corrected chi connectivity index (χ1v) is 6.41. The molecule has 0 heterocycles. The molecule has 2 rings (SSSR count). The molecule has 0 bridgehead atoms. The third-order valence-corrected chi connectivity index (χ3v) is 3.23. The Morgan fingerprint density at radius 1 is 1.05 bits per heavy atom. The van der Waals surface area contributed by atoms with Crippen molar-refractivity contribution in [1.29, 1.82) is 0 Å². The summed E-state index contributed by atoms with van der Waals surface area (Å²) in [6.07, 6.45) is 0.710. The molecule has 2 N–H and O–H groups in total. The van der Waals surface area contributed by atoms with Gasteiger partial charge in [-0.05, 0) is 42.2 Å². The minimum atomic E-state index is -2.80. The smallest absolute Gasteiger partial charge is 0.387 e. The van der Waals surface area contributed by atoms with Gasteiger partial charge in [-0.3, -0.25) is 0 Å². The van der Waals surface area contributed by atoms with Gasteiger partial charge in [0, 0.05) is 6.04 Å². The number of alkyl halides is 2. The van der Waals surface area contributed by atoms with E-state index in [4.69, 9.17) is 5.73 Å². The van der Waals surface area contributed by atoms with E-state index in [1.165, 1.54) is 23.3 Å². The topological polar surface area (TPSA) is 35.2 Å². The lowest BCUT2D eigenvalue weighted by Crippen LogP contribution is -2.14. The van der Waals surface area contributed by atoms with Crippen molar-refractivity contribution in [1.82, 2.24) is 0 Å². The Balaban J connectivity index is 2.06. The summed E-state index contributed by atoms with van der Waals surface area (Å²) in [5.41, 5.74) is 9.44. The summed E-state index contributed by atoms with van der Waals surface area (Å²) >= 11 is 0. The van der Waals surface area contributed by atoms with Gasteiger partial charge in [-0.1, -0.05) is 36.4 Å². The molecule has 1 atom stereocenters. The van der Waals surface area contributed by atoms with Crippen LogP contribution in [0.5, 0.6) is 5.75 Å². The van der Waals surface area contributed by atoms with E-state index in [9.17, 15) is 8.78 Å². The number of rotatable bonds is 5. The van der Waals surface area contributed by atoms with Gasteiger partial charge in [0.25, 0.3) is 0 Å². The Labute approximate surface area is 117 Å². The fourth-order valence-corrected chi connectivity index (χ4v) is 2.09. The molecule has 4 heteroatoms. The number of benzene rings is 2. The van der Waals surface area contributed by atoms with Crippen molar-refractivity contribution < 1.29 is 13.5 Å². The lowest BCUT2D eigenvalue weighted by atomic mass is 9.97. The number of nitrogens with two attached hydrogens (primary N) is 1. The predicted molar refractivity (Wildman–Crippen MR) is 74.9 cm³/mol. The van der Waals surface area contributed by atoms with E-state index in [2.05, 4.69) is 4.74 Å². The molecule has 2 aromatic rings. The molecule has 0 aliphatic carbocycles. The van der Waals surface area contributed by atoms with Crippen LogP contribution in [0.15, 0.2) is 48.5 Å². The number of aryl methyl sites for hydroxylation is 1. The van der Waals surface area contributed by atoms with Crippen molar-refractivity contribution >= 4 is 0 Å². The molecule has 0 aliphatic rings. The number of halogens is 2. The maximum absolute atomic E-state index is 12.1. The Morgan fingerprint density at radius 2 is 1.70 bits per heavy atom. The molecule has 2 nitrogen and oxygen atoms in total. The first-order chi connectivity index (χ1) is 9.56. The highest BCUT2D eigenvalue weighted by molar-refractivity contribution is 5.32. The normalized spacial score (nSPS) is 12.4. The zero-order valence-electron chi connectivity index (χ0n) is 11.2. The molecule has 0 spiro atoms. The van der Waals surface area contributed by atoms with Gasteiger partial charge in [0.2, 0.25) is 0 Å². The predicted octanol–water partition coefficient (Wildman–Crippen LogP) is 3.84. The van der Waals surface area contributed by atoms with Crippen LogP contribution in [0.4, 0.5) is 8.78 Å². The molecule has 0 saturated carbocycles. The highest BCUT2D eigenvalue weighted by Crippen LogP contribution is 2.21. The van der Waals surface area contributed by atoms with Crippen LogP contribution in [-0.4, -0.2) is 6.61 Å². The van der Waals surface area contributed by atoms with Crippen LogP contribution in [0.2, 0.25) is 0 Å². The second-order valence-electron chi connectivity index (χ2n) is 4.68. The van der Waals surface area contributed by atoms with Crippen LogP contribution in [0.25, 0.3) is 0 Å². The molecule has 0 fully saturated rings. The van der Waals surface area contributed by atoms with Gasteiger partial charge in [-0.15, -0.1) is 0 Å². The van der Waals surface area contributed by atoms with E-state index in [0.717, 1.165) is 5.56 Å². The summed E-state index contributed by atoms with van der Waals surface area (Å²) < 4.78 is 28.4. The van der Waals surface area contributed by atoms with Gasteiger partial charge in [-0.2, -0.15) is 8.78 Å². The number of hydrogen-bond donors (Lipinski definition) is 1. The summed E-state index contributed by atoms with van der Waals surface area (Å²) in [5.74, 6) is 0.145. The second kappa shape index (κ2) is 6.48. The quantitative estimate of drug-likeness (QED) is 0.901. The van der Waals surface area contributed by atoms with E-state index >= 15 is 0 Å². The molecular weight excluding hydrogens is 260 g/mol. The molecule has 0 aliphatic heterocycles. The van der Waals surface area contributed by atoms with Gasteiger partial charge in [-0.25, -0.2) is 0 Å². The molecular formula is C16H17F2NO. The third-order valence-electron chi connectivity index (χ3n) is 3.23. The summed E-state index contributed by atoms with van der Waals surface area (Å²) in [5, 5.41) is 0. The highest BCUT2D eigenvalue weighted by Gasteiger charge is 2.10. The zero-order chi connectivity index (χ0) is 14.5.